The van der Waals surface area contributed by atoms with Crippen molar-refractivity contribution in [2.75, 3.05) is 13.7 Å². The van der Waals surface area contributed by atoms with Crippen LogP contribution < -0.4 is 10.1 Å². The lowest BCUT2D eigenvalue weighted by atomic mass is 9.85. The molecule has 0 aliphatic carbocycles. The molecule has 1 N–H and O–H groups in total. The van der Waals surface area contributed by atoms with E-state index in [0.29, 0.717) is 11.5 Å². The van der Waals surface area contributed by atoms with E-state index in [9.17, 15) is 0 Å². The van der Waals surface area contributed by atoms with Crippen LogP contribution in [0.5, 0.6) is 5.75 Å². The van der Waals surface area contributed by atoms with Gasteiger partial charge in [-0.3, -0.25) is 0 Å². The molecule has 0 aliphatic rings. The van der Waals surface area contributed by atoms with Gasteiger partial charge in [-0.2, -0.15) is 0 Å². The van der Waals surface area contributed by atoms with Crippen LogP contribution in [0.4, 0.5) is 0 Å². The summed E-state index contributed by atoms with van der Waals surface area (Å²) in [5.41, 5.74) is 2.94. The Morgan fingerprint density at radius 1 is 1.25 bits per heavy atom. The quantitative estimate of drug-likeness (QED) is 0.800. The molecule has 20 heavy (non-hydrogen) atoms. The number of methoxy groups -OCH3 is 1. The molecule has 1 atom stereocenters. The van der Waals surface area contributed by atoms with E-state index in [1.165, 1.54) is 24.0 Å². The standard InChI is InChI=1S/C18H31NO/c1-7-10-19-16(13-18(3,4)5)12-15-11-14(2)8-9-17(15)20-6/h8-9,11,16,19H,7,10,12-13H2,1-6H3. The fourth-order valence-corrected chi connectivity index (χ4v) is 2.64. The van der Waals surface area contributed by atoms with Crippen molar-refractivity contribution in [1.82, 2.24) is 5.32 Å². The van der Waals surface area contributed by atoms with Gasteiger partial charge in [0.15, 0.2) is 0 Å². The van der Waals surface area contributed by atoms with Crippen LogP contribution in [-0.4, -0.2) is 19.7 Å². The Morgan fingerprint density at radius 2 is 1.95 bits per heavy atom. The van der Waals surface area contributed by atoms with Crippen molar-refractivity contribution >= 4 is 0 Å². The Balaban J connectivity index is 2.85. The molecule has 0 radical (unpaired) electrons. The lowest BCUT2D eigenvalue weighted by Gasteiger charge is -2.27. The minimum Gasteiger partial charge on any atom is -0.496 e. The summed E-state index contributed by atoms with van der Waals surface area (Å²) in [7, 11) is 1.76. The summed E-state index contributed by atoms with van der Waals surface area (Å²) < 4.78 is 5.51. The Labute approximate surface area is 124 Å². The van der Waals surface area contributed by atoms with Gasteiger partial charge in [0, 0.05) is 6.04 Å². The van der Waals surface area contributed by atoms with Crippen molar-refractivity contribution in [2.45, 2.75) is 59.9 Å². The van der Waals surface area contributed by atoms with Gasteiger partial charge in [0.2, 0.25) is 0 Å². The van der Waals surface area contributed by atoms with Crippen LogP contribution in [0, 0.1) is 12.3 Å². The SMILES string of the molecule is CCCNC(Cc1cc(C)ccc1OC)CC(C)(C)C. The highest BCUT2D eigenvalue weighted by atomic mass is 16.5. The van der Waals surface area contributed by atoms with Crippen LogP contribution in [0.1, 0.15) is 51.7 Å². The average molecular weight is 277 g/mol. The van der Waals surface area contributed by atoms with Crippen molar-refractivity contribution in [3.63, 3.8) is 0 Å². The minimum atomic E-state index is 0.336. The van der Waals surface area contributed by atoms with Gasteiger partial charge in [-0.05, 0) is 49.8 Å². The summed E-state index contributed by atoms with van der Waals surface area (Å²) in [6.07, 6.45) is 3.37. The first-order valence-electron chi connectivity index (χ1n) is 7.72. The smallest absolute Gasteiger partial charge is 0.122 e. The highest BCUT2D eigenvalue weighted by molar-refractivity contribution is 5.37. The van der Waals surface area contributed by atoms with E-state index in [2.05, 4.69) is 58.1 Å². The Hall–Kier alpha value is -1.02. The summed E-state index contributed by atoms with van der Waals surface area (Å²) in [5.74, 6) is 1.01. The van der Waals surface area contributed by atoms with Crippen molar-refractivity contribution in [1.29, 1.82) is 0 Å². The van der Waals surface area contributed by atoms with Gasteiger partial charge in [0.05, 0.1) is 7.11 Å². The molecule has 0 saturated heterocycles. The van der Waals surface area contributed by atoms with E-state index < -0.39 is 0 Å². The number of aryl methyl sites for hydroxylation is 1. The van der Waals surface area contributed by atoms with E-state index in [-0.39, 0.29) is 0 Å². The lowest BCUT2D eigenvalue weighted by molar-refractivity contribution is 0.304. The third-order valence-corrected chi connectivity index (χ3v) is 3.44. The lowest BCUT2D eigenvalue weighted by Crippen LogP contribution is -2.35. The fraction of sp³-hybridized carbons (Fsp3) is 0.667. The van der Waals surface area contributed by atoms with E-state index in [4.69, 9.17) is 4.74 Å². The Morgan fingerprint density at radius 3 is 2.50 bits per heavy atom. The van der Waals surface area contributed by atoms with Gasteiger partial charge in [0.1, 0.15) is 5.75 Å². The van der Waals surface area contributed by atoms with Crippen LogP contribution in [0.25, 0.3) is 0 Å². The zero-order chi connectivity index (χ0) is 15.2. The number of ether oxygens (including phenoxy) is 1. The Bertz CT molecular complexity index is 406. The molecule has 0 heterocycles. The van der Waals surface area contributed by atoms with Gasteiger partial charge in [0.25, 0.3) is 0 Å². The van der Waals surface area contributed by atoms with Gasteiger partial charge in [-0.25, -0.2) is 0 Å². The van der Waals surface area contributed by atoms with Gasteiger partial charge < -0.3 is 10.1 Å². The molecular weight excluding hydrogens is 246 g/mol. The predicted molar refractivity (Wildman–Crippen MR) is 87.6 cm³/mol. The van der Waals surface area contributed by atoms with E-state index in [1.54, 1.807) is 7.11 Å². The number of nitrogens with one attached hydrogen (secondary N) is 1. The molecule has 1 rings (SSSR count). The van der Waals surface area contributed by atoms with Crippen LogP contribution in [0.15, 0.2) is 18.2 Å². The molecule has 0 bridgehead atoms. The van der Waals surface area contributed by atoms with Crippen molar-refractivity contribution in [2.24, 2.45) is 5.41 Å². The summed E-state index contributed by atoms with van der Waals surface area (Å²) in [4.78, 5) is 0. The van der Waals surface area contributed by atoms with E-state index in [0.717, 1.165) is 18.7 Å². The molecule has 2 heteroatoms. The van der Waals surface area contributed by atoms with Crippen molar-refractivity contribution in [3.05, 3.63) is 29.3 Å². The molecule has 0 aromatic heterocycles. The number of benzene rings is 1. The highest BCUT2D eigenvalue weighted by Gasteiger charge is 2.19. The molecule has 1 unspecified atom stereocenters. The molecule has 0 saturated carbocycles. The largest absolute Gasteiger partial charge is 0.496 e. The number of rotatable bonds is 7. The molecule has 1 aromatic rings. The maximum absolute atomic E-state index is 5.51. The second kappa shape index (κ2) is 7.68. The van der Waals surface area contributed by atoms with Crippen LogP contribution in [0.3, 0.4) is 0 Å². The summed E-state index contributed by atoms with van der Waals surface area (Å²) >= 11 is 0. The molecule has 1 aromatic carbocycles. The molecular formula is C18H31NO. The van der Waals surface area contributed by atoms with E-state index >= 15 is 0 Å². The molecule has 114 valence electrons. The van der Waals surface area contributed by atoms with Crippen LogP contribution in [-0.2, 0) is 6.42 Å². The molecule has 0 spiro atoms. The fourth-order valence-electron chi connectivity index (χ4n) is 2.64. The molecule has 0 aliphatic heterocycles. The highest BCUT2D eigenvalue weighted by Crippen LogP contribution is 2.26. The zero-order valence-corrected chi connectivity index (χ0v) is 14.0. The molecule has 0 fully saturated rings. The van der Waals surface area contributed by atoms with Gasteiger partial charge in [-0.15, -0.1) is 0 Å². The predicted octanol–water partition coefficient (Wildman–Crippen LogP) is 4.35. The normalized spacial score (nSPS) is 13.3. The van der Waals surface area contributed by atoms with E-state index in [1.807, 2.05) is 0 Å². The molecule has 2 nitrogen and oxygen atoms in total. The molecule has 0 amide bonds. The number of hydrogen-bond donors (Lipinski definition) is 1. The summed E-state index contributed by atoms with van der Waals surface area (Å²) in [6, 6.07) is 6.95. The second-order valence-corrected chi connectivity index (χ2v) is 6.94. The first-order valence-corrected chi connectivity index (χ1v) is 7.72. The minimum absolute atomic E-state index is 0.336. The first kappa shape index (κ1) is 17.0. The van der Waals surface area contributed by atoms with Crippen LogP contribution >= 0.6 is 0 Å². The van der Waals surface area contributed by atoms with Gasteiger partial charge in [-0.1, -0.05) is 45.4 Å². The summed E-state index contributed by atoms with van der Waals surface area (Å²) in [5, 5.41) is 3.69. The van der Waals surface area contributed by atoms with Crippen LogP contribution in [0.2, 0.25) is 0 Å². The third kappa shape index (κ3) is 5.96. The second-order valence-electron chi connectivity index (χ2n) is 6.94. The third-order valence-electron chi connectivity index (χ3n) is 3.44. The Kier molecular flexibility index (Phi) is 6.54. The zero-order valence-electron chi connectivity index (χ0n) is 14.0. The summed E-state index contributed by atoms with van der Waals surface area (Å²) in [6.45, 7) is 12.4. The maximum Gasteiger partial charge on any atom is 0.122 e. The average Bonchev–Trinajstić information content (AvgIpc) is 2.34. The number of hydrogen-bond acceptors (Lipinski definition) is 2. The van der Waals surface area contributed by atoms with Gasteiger partial charge >= 0.3 is 0 Å². The monoisotopic (exact) mass is 277 g/mol. The van der Waals surface area contributed by atoms with Crippen molar-refractivity contribution in [3.8, 4) is 5.75 Å². The maximum atomic E-state index is 5.51. The topological polar surface area (TPSA) is 21.3 Å². The first-order chi connectivity index (χ1) is 9.35. The van der Waals surface area contributed by atoms with Crippen molar-refractivity contribution < 1.29 is 4.74 Å².